The molecule has 4 heteroatoms. The van der Waals surface area contributed by atoms with Crippen molar-refractivity contribution in [2.45, 2.75) is 12.8 Å². The van der Waals surface area contributed by atoms with Gasteiger partial charge in [0.2, 0.25) is 0 Å². The molecule has 0 spiro atoms. The monoisotopic (exact) mass is 245 g/mol. The summed E-state index contributed by atoms with van der Waals surface area (Å²) in [5.41, 5.74) is 8.21. The van der Waals surface area contributed by atoms with Crippen molar-refractivity contribution < 1.29 is 4.74 Å². The number of ether oxygens (including phenoxy) is 1. The van der Waals surface area contributed by atoms with Crippen molar-refractivity contribution >= 4 is 0 Å². The molecule has 1 aromatic carbocycles. The molecule has 0 aliphatic rings. The van der Waals surface area contributed by atoms with Gasteiger partial charge in [-0.05, 0) is 13.0 Å². The summed E-state index contributed by atoms with van der Waals surface area (Å²) in [6.07, 6.45) is 3.72. The molecule has 0 fully saturated rings. The summed E-state index contributed by atoms with van der Waals surface area (Å²) in [7, 11) is 3.66. The highest BCUT2D eigenvalue weighted by molar-refractivity contribution is 5.42. The zero-order valence-electron chi connectivity index (χ0n) is 11.1. The summed E-state index contributed by atoms with van der Waals surface area (Å²) in [4.78, 5) is 4.40. The quantitative estimate of drug-likeness (QED) is 0.894. The van der Waals surface area contributed by atoms with Crippen LogP contribution in [0.4, 0.5) is 0 Å². The fourth-order valence-corrected chi connectivity index (χ4v) is 2.21. The molecule has 18 heavy (non-hydrogen) atoms. The third-order valence-corrected chi connectivity index (χ3v) is 3.17. The summed E-state index contributed by atoms with van der Waals surface area (Å²) >= 11 is 0. The van der Waals surface area contributed by atoms with Crippen LogP contribution in [0.15, 0.2) is 30.6 Å². The Balaban J connectivity index is 2.51. The fraction of sp³-hybridized carbons (Fsp3) is 0.357. The van der Waals surface area contributed by atoms with Crippen molar-refractivity contribution in [3.8, 4) is 5.75 Å². The van der Waals surface area contributed by atoms with E-state index in [2.05, 4.69) is 18.0 Å². The van der Waals surface area contributed by atoms with Crippen LogP contribution in [0.5, 0.6) is 5.75 Å². The maximum atomic E-state index is 5.93. The highest BCUT2D eigenvalue weighted by Crippen LogP contribution is 2.31. The Hall–Kier alpha value is -1.81. The van der Waals surface area contributed by atoms with Gasteiger partial charge in [-0.3, -0.25) is 0 Å². The lowest BCUT2D eigenvalue weighted by molar-refractivity contribution is 0.406. The second-order valence-corrected chi connectivity index (χ2v) is 4.43. The van der Waals surface area contributed by atoms with Crippen molar-refractivity contribution in [3.63, 3.8) is 0 Å². The zero-order chi connectivity index (χ0) is 13.1. The number of hydrogen-bond acceptors (Lipinski definition) is 3. The van der Waals surface area contributed by atoms with Crippen molar-refractivity contribution in [3.05, 3.63) is 47.5 Å². The molecule has 0 saturated heterocycles. The van der Waals surface area contributed by atoms with Gasteiger partial charge in [0.15, 0.2) is 0 Å². The van der Waals surface area contributed by atoms with Gasteiger partial charge >= 0.3 is 0 Å². The van der Waals surface area contributed by atoms with Crippen LogP contribution in [0.3, 0.4) is 0 Å². The molecule has 0 bridgehead atoms. The van der Waals surface area contributed by atoms with Crippen LogP contribution in [0.1, 0.15) is 22.9 Å². The molecule has 2 rings (SSSR count). The Kier molecular flexibility index (Phi) is 3.67. The van der Waals surface area contributed by atoms with E-state index in [1.165, 1.54) is 5.56 Å². The SMILES string of the molecule is COc1ccc(C)cc1C(CN)c1nccn1C. The predicted octanol–water partition coefficient (Wildman–Crippen LogP) is 1.83. The first-order valence-electron chi connectivity index (χ1n) is 5.99. The van der Waals surface area contributed by atoms with E-state index in [9.17, 15) is 0 Å². The average Bonchev–Trinajstić information content (AvgIpc) is 2.77. The minimum Gasteiger partial charge on any atom is -0.496 e. The molecule has 0 saturated carbocycles. The van der Waals surface area contributed by atoms with Crippen molar-refractivity contribution in [2.75, 3.05) is 13.7 Å². The number of aromatic nitrogens is 2. The van der Waals surface area contributed by atoms with Gasteiger partial charge in [0.05, 0.1) is 13.0 Å². The Bertz CT molecular complexity index is 534. The molecule has 0 radical (unpaired) electrons. The molecule has 1 atom stereocenters. The van der Waals surface area contributed by atoms with Crippen LogP contribution in [0.2, 0.25) is 0 Å². The summed E-state index contributed by atoms with van der Waals surface area (Å²) in [6, 6.07) is 6.13. The largest absolute Gasteiger partial charge is 0.496 e. The van der Waals surface area contributed by atoms with Gasteiger partial charge in [0.25, 0.3) is 0 Å². The molecule has 2 N–H and O–H groups in total. The lowest BCUT2D eigenvalue weighted by Gasteiger charge is -2.18. The van der Waals surface area contributed by atoms with Crippen LogP contribution < -0.4 is 10.5 Å². The minimum atomic E-state index is 0.0554. The topological polar surface area (TPSA) is 53.1 Å². The molecule has 4 nitrogen and oxygen atoms in total. The van der Waals surface area contributed by atoms with E-state index in [0.717, 1.165) is 17.1 Å². The van der Waals surface area contributed by atoms with E-state index in [4.69, 9.17) is 10.5 Å². The van der Waals surface area contributed by atoms with Gasteiger partial charge in [0, 0.05) is 31.5 Å². The first-order valence-corrected chi connectivity index (χ1v) is 5.99. The molecular weight excluding hydrogens is 226 g/mol. The number of benzene rings is 1. The normalized spacial score (nSPS) is 12.4. The van der Waals surface area contributed by atoms with E-state index >= 15 is 0 Å². The van der Waals surface area contributed by atoms with Crippen LogP contribution in [0.25, 0.3) is 0 Å². The summed E-state index contributed by atoms with van der Waals surface area (Å²) in [6.45, 7) is 2.57. The number of imidazole rings is 1. The van der Waals surface area contributed by atoms with Gasteiger partial charge in [-0.25, -0.2) is 4.98 Å². The maximum Gasteiger partial charge on any atom is 0.122 e. The molecule has 1 heterocycles. The van der Waals surface area contributed by atoms with Gasteiger partial charge in [-0.2, -0.15) is 0 Å². The molecule has 1 aromatic heterocycles. The second-order valence-electron chi connectivity index (χ2n) is 4.43. The van der Waals surface area contributed by atoms with Crippen molar-refractivity contribution in [1.29, 1.82) is 0 Å². The van der Waals surface area contributed by atoms with Crippen LogP contribution in [-0.2, 0) is 7.05 Å². The van der Waals surface area contributed by atoms with E-state index in [-0.39, 0.29) is 5.92 Å². The molecule has 2 aromatic rings. The van der Waals surface area contributed by atoms with E-state index < -0.39 is 0 Å². The molecule has 96 valence electrons. The maximum absolute atomic E-state index is 5.93. The fourth-order valence-electron chi connectivity index (χ4n) is 2.21. The van der Waals surface area contributed by atoms with Crippen molar-refractivity contribution in [2.24, 2.45) is 12.8 Å². The van der Waals surface area contributed by atoms with Crippen LogP contribution in [0, 0.1) is 6.92 Å². The standard InChI is InChI=1S/C14H19N3O/c1-10-4-5-13(18-3)11(8-10)12(9-15)14-16-6-7-17(14)2/h4-8,12H,9,15H2,1-3H3. The smallest absolute Gasteiger partial charge is 0.122 e. The lowest BCUT2D eigenvalue weighted by Crippen LogP contribution is -2.18. The number of nitrogens with zero attached hydrogens (tertiary/aromatic N) is 2. The van der Waals surface area contributed by atoms with E-state index in [0.29, 0.717) is 6.54 Å². The molecule has 0 aliphatic heterocycles. The zero-order valence-corrected chi connectivity index (χ0v) is 11.1. The second kappa shape index (κ2) is 5.23. The van der Waals surface area contributed by atoms with Crippen LogP contribution >= 0.6 is 0 Å². The number of rotatable bonds is 4. The Morgan fingerprint density at radius 1 is 1.44 bits per heavy atom. The predicted molar refractivity (Wildman–Crippen MR) is 71.8 cm³/mol. The highest BCUT2D eigenvalue weighted by Gasteiger charge is 2.20. The summed E-state index contributed by atoms with van der Waals surface area (Å²) in [5.74, 6) is 1.88. The first-order chi connectivity index (χ1) is 8.67. The average molecular weight is 245 g/mol. The summed E-state index contributed by atoms with van der Waals surface area (Å²) in [5, 5.41) is 0. The lowest BCUT2D eigenvalue weighted by atomic mass is 9.95. The highest BCUT2D eigenvalue weighted by atomic mass is 16.5. The summed E-state index contributed by atoms with van der Waals surface area (Å²) < 4.78 is 7.43. The molecule has 1 unspecified atom stereocenters. The number of methoxy groups -OCH3 is 1. The van der Waals surface area contributed by atoms with Gasteiger partial charge in [0.1, 0.15) is 11.6 Å². The number of hydrogen-bond donors (Lipinski definition) is 1. The number of nitrogens with two attached hydrogens (primary N) is 1. The van der Waals surface area contributed by atoms with Crippen LogP contribution in [-0.4, -0.2) is 23.2 Å². The molecule has 0 aliphatic carbocycles. The van der Waals surface area contributed by atoms with E-state index in [1.54, 1.807) is 13.3 Å². The minimum absolute atomic E-state index is 0.0554. The van der Waals surface area contributed by atoms with Gasteiger partial charge < -0.3 is 15.0 Å². The number of aryl methyl sites for hydroxylation is 2. The molecular formula is C14H19N3O. The van der Waals surface area contributed by atoms with Gasteiger partial charge in [-0.1, -0.05) is 17.7 Å². The Morgan fingerprint density at radius 2 is 2.22 bits per heavy atom. The molecule has 0 amide bonds. The third kappa shape index (κ3) is 2.24. The first kappa shape index (κ1) is 12.6. The van der Waals surface area contributed by atoms with Crippen molar-refractivity contribution in [1.82, 2.24) is 9.55 Å². The Labute approximate surface area is 107 Å². The van der Waals surface area contributed by atoms with Gasteiger partial charge in [-0.15, -0.1) is 0 Å². The van der Waals surface area contributed by atoms with E-state index in [1.807, 2.05) is 29.9 Å². The Morgan fingerprint density at radius 3 is 2.78 bits per heavy atom. The third-order valence-electron chi connectivity index (χ3n) is 3.17.